The Kier molecular flexibility index (Phi) is 5.28. The Morgan fingerprint density at radius 3 is 2.58 bits per heavy atom. The zero-order chi connectivity index (χ0) is 17.7. The molecule has 0 fully saturated rings. The average molecular weight is 340 g/mol. The van der Waals surface area contributed by atoms with E-state index in [1.54, 1.807) is 23.2 Å². The summed E-state index contributed by atoms with van der Waals surface area (Å²) < 4.78 is 48.6. The van der Waals surface area contributed by atoms with Gasteiger partial charge in [0.05, 0.1) is 19.4 Å². The molecule has 1 aromatic heterocycles. The second kappa shape index (κ2) is 7.20. The van der Waals surface area contributed by atoms with E-state index >= 15 is 0 Å². The summed E-state index contributed by atoms with van der Waals surface area (Å²) in [6.07, 6.45) is -1.79. The number of nitrogens with zero attached hydrogens (tertiary/aromatic N) is 1. The maximum atomic E-state index is 12.7. The molecule has 8 heteroatoms. The van der Waals surface area contributed by atoms with E-state index in [0.29, 0.717) is 23.7 Å². The van der Waals surface area contributed by atoms with Crippen LogP contribution in [0.5, 0.6) is 11.5 Å². The van der Waals surface area contributed by atoms with Crippen LogP contribution in [0.2, 0.25) is 0 Å². The number of hydrogen-bond acceptors (Lipinski definition) is 4. The van der Waals surface area contributed by atoms with Crippen LogP contribution in [-0.4, -0.2) is 23.7 Å². The molecule has 24 heavy (non-hydrogen) atoms. The molecule has 0 spiro atoms. The molecule has 0 radical (unpaired) electrons. The van der Waals surface area contributed by atoms with Crippen LogP contribution in [0.15, 0.2) is 29.1 Å². The van der Waals surface area contributed by atoms with Crippen molar-refractivity contribution >= 4 is 12.2 Å². The molecule has 0 aliphatic heterocycles. The van der Waals surface area contributed by atoms with Gasteiger partial charge >= 0.3 is 11.9 Å². The lowest BCUT2D eigenvalue weighted by Gasteiger charge is -2.09. The van der Waals surface area contributed by atoms with E-state index in [1.807, 2.05) is 6.92 Å². The van der Waals surface area contributed by atoms with E-state index in [9.17, 15) is 18.0 Å². The van der Waals surface area contributed by atoms with Crippen molar-refractivity contribution in [2.45, 2.75) is 13.1 Å². The van der Waals surface area contributed by atoms with Gasteiger partial charge in [-0.05, 0) is 36.8 Å². The van der Waals surface area contributed by atoms with Crippen LogP contribution in [0.1, 0.15) is 23.9 Å². The smallest absolute Gasteiger partial charge is 0.431 e. The second-order valence-electron chi connectivity index (χ2n) is 4.70. The van der Waals surface area contributed by atoms with Gasteiger partial charge in [-0.1, -0.05) is 12.1 Å². The number of alkyl halides is 3. The van der Waals surface area contributed by atoms with Gasteiger partial charge in [0.25, 0.3) is 0 Å². The Morgan fingerprint density at radius 1 is 1.21 bits per heavy atom. The number of H-pyrrole nitrogens is 1. The minimum absolute atomic E-state index is 0.0974. The van der Waals surface area contributed by atoms with E-state index in [2.05, 4.69) is 4.98 Å². The number of aromatic amines is 1. The molecule has 0 saturated carbocycles. The Bertz CT molecular complexity index is 798. The minimum atomic E-state index is -4.65. The molecule has 128 valence electrons. The number of halogens is 3. The molecule has 1 aromatic carbocycles. The Morgan fingerprint density at radius 2 is 1.96 bits per heavy atom. The molecule has 0 saturated heterocycles. The molecule has 0 atom stereocenters. The fourth-order valence-corrected chi connectivity index (χ4v) is 1.96. The Balaban J connectivity index is 2.33. The fraction of sp³-hybridized carbons (Fsp3) is 0.250. The van der Waals surface area contributed by atoms with Crippen LogP contribution < -0.4 is 15.2 Å². The topological polar surface area (TPSA) is 64.2 Å². The number of ether oxygens (including phenoxy) is 2. The Hall–Kier alpha value is -2.77. The standard InChI is InChI=1S/C16H15F3N2O3/c1-3-24-13-8-10(5-7-12(13)23-2)4-6-11-9-14(16(17,18)19)21-15(22)20-11/h4-9H,3H2,1-2H3,(H,20,21,22)/b6-4+. The van der Waals surface area contributed by atoms with Crippen molar-refractivity contribution < 1.29 is 22.6 Å². The van der Waals surface area contributed by atoms with E-state index in [1.165, 1.54) is 19.3 Å². The molecule has 1 heterocycles. The summed E-state index contributed by atoms with van der Waals surface area (Å²) in [5.74, 6) is 1.06. The molecule has 0 bridgehead atoms. The van der Waals surface area contributed by atoms with E-state index in [-0.39, 0.29) is 5.69 Å². The summed E-state index contributed by atoms with van der Waals surface area (Å²) in [6.45, 7) is 2.26. The van der Waals surface area contributed by atoms with Crippen molar-refractivity contribution in [1.82, 2.24) is 9.97 Å². The first-order chi connectivity index (χ1) is 11.3. The fourth-order valence-electron chi connectivity index (χ4n) is 1.96. The minimum Gasteiger partial charge on any atom is -0.493 e. The number of rotatable bonds is 5. The van der Waals surface area contributed by atoms with Gasteiger partial charge in [-0.25, -0.2) is 4.79 Å². The summed E-state index contributed by atoms with van der Waals surface area (Å²) in [4.78, 5) is 16.4. The van der Waals surface area contributed by atoms with Crippen molar-refractivity contribution in [3.63, 3.8) is 0 Å². The first-order valence-corrected chi connectivity index (χ1v) is 7.01. The molecular formula is C16H15F3N2O3. The van der Waals surface area contributed by atoms with Gasteiger partial charge in [-0.3, -0.25) is 0 Å². The number of nitrogens with one attached hydrogen (secondary N) is 1. The molecule has 0 unspecified atom stereocenters. The summed E-state index contributed by atoms with van der Waals surface area (Å²) in [5.41, 5.74) is -1.64. The largest absolute Gasteiger partial charge is 0.493 e. The molecule has 1 N–H and O–H groups in total. The Labute approximate surface area is 135 Å². The maximum absolute atomic E-state index is 12.7. The number of aromatic nitrogens is 2. The highest BCUT2D eigenvalue weighted by Crippen LogP contribution is 2.29. The summed E-state index contributed by atoms with van der Waals surface area (Å²) in [6, 6.07) is 5.83. The van der Waals surface area contributed by atoms with Crippen molar-refractivity contribution in [2.24, 2.45) is 0 Å². The average Bonchev–Trinajstić information content (AvgIpc) is 2.52. The lowest BCUT2D eigenvalue weighted by Crippen LogP contribution is -2.19. The number of methoxy groups -OCH3 is 1. The molecule has 0 amide bonds. The highest BCUT2D eigenvalue weighted by molar-refractivity contribution is 5.69. The molecule has 0 aliphatic rings. The van der Waals surface area contributed by atoms with Crippen molar-refractivity contribution in [1.29, 1.82) is 0 Å². The van der Waals surface area contributed by atoms with E-state index in [4.69, 9.17) is 9.47 Å². The first-order valence-electron chi connectivity index (χ1n) is 7.01. The molecule has 2 aromatic rings. The van der Waals surface area contributed by atoms with E-state index in [0.717, 1.165) is 6.07 Å². The van der Waals surface area contributed by atoms with Gasteiger partial charge in [0.1, 0.15) is 5.69 Å². The lowest BCUT2D eigenvalue weighted by molar-refractivity contribution is -0.141. The zero-order valence-electron chi connectivity index (χ0n) is 13.0. The quantitative estimate of drug-likeness (QED) is 0.906. The monoisotopic (exact) mass is 340 g/mol. The van der Waals surface area contributed by atoms with Crippen molar-refractivity contribution in [3.05, 3.63) is 51.7 Å². The van der Waals surface area contributed by atoms with Crippen molar-refractivity contribution in [3.8, 4) is 11.5 Å². The summed E-state index contributed by atoms with van der Waals surface area (Å²) in [5, 5.41) is 0. The summed E-state index contributed by atoms with van der Waals surface area (Å²) >= 11 is 0. The highest BCUT2D eigenvalue weighted by Gasteiger charge is 2.32. The van der Waals surface area contributed by atoms with Gasteiger partial charge in [0, 0.05) is 0 Å². The number of hydrogen-bond donors (Lipinski definition) is 1. The van der Waals surface area contributed by atoms with E-state index < -0.39 is 17.6 Å². The van der Waals surface area contributed by atoms with Crippen LogP contribution in [-0.2, 0) is 6.18 Å². The van der Waals surface area contributed by atoms with Gasteiger partial charge in [0.15, 0.2) is 11.5 Å². The van der Waals surface area contributed by atoms with Crippen LogP contribution in [0, 0.1) is 0 Å². The van der Waals surface area contributed by atoms with Gasteiger partial charge < -0.3 is 14.5 Å². The predicted molar refractivity (Wildman–Crippen MR) is 83.0 cm³/mol. The van der Waals surface area contributed by atoms with Gasteiger partial charge in [-0.2, -0.15) is 18.2 Å². The molecule has 5 nitrogen and oxygen atoms in total. The third kappa shape index (κ3) is 4.37. The summed E-state index contributed by atoms with van der Waals surface area (Å²) in [7, 11) is 1.51. The zero-order valence-corrected chi connectivity index (χ0v) is 13.0. The van der Waals surface area contributed by atoms with Crippen LogP contribution >= 0.6 is 0 Å². The van der Waals surface area contributed by atoms with Crippen LogP contribution in [0.3, 0.4) is 0 Å². The SMILES string of the molecule is CCOc1cc(/C=C/c2cc(C(F)(F)F)[nH]c(=O)n2)ccc1OC. The van der Waals surface area contributed by atoms with Gasteiger partial charge in [0.2, 0.25) is 0 Å². The first kappa shape index (κ1) is 17.6. The van der Waals surface area contributed by atoms with Gasteiger partial charge in [-0.15, -0.1) is 0 Å². The predicted octanol–water partition coefficient (Wildman–Crippen LogP) is 3.37. The maximum Gasteiger partial charge on any atom is 0.431 e. The number of benzene rings is 1. The van der Waals surface area contributed by atoms with Crippen LogP contribution in [0.4, 0.5) is 13.2 Å². The normalized spacial score (nSPS) is 11.7. The molecule has 2 rings (SSSR count). The third-order valence-corrected chi connectivity index (χ3v) is 3.00. The molecule has 0 aliphatic carbocycles. The third-order valence-electron chi connectivity index (χ3n) is 3.00. The molecular weight excluding hydrogens is 325 g/mol. The van der Waals surface area contributed by atoms with Crippen molar-refractivity contribution in [2.75, 3.05) is 13.7 Å². The highest BCUT2D eigenvalue weighted by atomic mass is 19.4. The lowest BCUT2D eigenvalue weighted by atomic mass is 10.1. The second-order valence-corrected chi connectivity index (χ2v) is 4.70. The van der Waals surface area contributed by atoms with Crippen LogP contribution in [0.25, 0.3) is 12.2 Å².